The number of allylic oxidation sites excluding steroid dienone is 2. The van der Waals surface area contributed by atoms with Crippen molar-refractivity contribution in [1.29, 1.82) is 0 Å². The normalized spacial score (nSPS) is 22.8. The molecule has 2 rings (SSSR count). The molecule has 70 valence electrons. The average Bonchev–Trinajstić information content (AvgIpc) is 2.57. The molecule has 0 amide bonds. The van der Waals surface area contributed by atoms with E-state index in [4.69, 9.17) is 11.6 Å². The third-order valence-corrected chi connectivity index (χ3v) is 3.07. The average molecular weight is 215 g/mol. The van der Waals surface area contributed by atoms with Gasteiger partial charge in [0.05, 0.1) is 29.0 Å². The maximum absolute atomic E-state index is 6.04. The molecule has 0 N–H and O–H groups in total. The second-order valence-electron chi connectivity index (χ2n) is 3.31. The Morgan fingerprint density at radius 3 is 3.23 bits per heavy atom. The van der Waals surface area contributed by atoms with Gasteiger partial charge in [0, 0.05) is 6.42 Å². The standard InChI is InChI=1S/C9H11ClN2S/c10-8-3-1-2-7(4-8)5-9-6-11-13-12-9/h4,6,8H,1-3,5H2. The zero-order valence-corrected chi connectivity index (χ0v) is 8.81. The maximum atomic E-state index is 6.04. The molecule has 1 heterocycles. The van der Waals surface area contributed by atoms with Crippen molar-refractivity contribution in [3.63, 3.8) is 0 Å². The van der Waals surface area contributed by atoms with Crippen LogP contribution < -0.4 is 0 Å². The van der Waals surface area contributed by atoms with E-state index >= 15 is 0 Å². The number of halogens is 1. The zero-order chi connectivity index (χ0) is 9.10. The van der Waals surface area contributed by atoms with Crippen LogP contribution in [0.3, 0.4) is 0 Å². The Bertz CT molecular complexity index is 295. The van der Waals surface area contributed by atoms with E-state index in [9.17, 15) is 0 Å². The fraction of sp³-hybridized carbons (Fsp3) is 0.556. The summed E-state index contributed by atoms with van der Waals surface area (Å²) in [7, 11) is 0. The van der Waals surface area contributed by atoms with Crippen LogP contribution in [0.4, 0.5) is 0 Å². The van der Waals surface area contributed by atoms with Gasteiger partial charge in [-0.25, -0.2) is 0 Å². The Kier molecular flexibility index (Phi) is 2.96. The van der Waals surface area contributed by atoms with Gasteiger partial charge in [0.2, 0.25) is 0 Å². The first-order valence-corrected chi connectivity index (χ1v) is 5.61. The molecule has 0 spiro atoms. The predicted molar refractivity (Wildman–Crippen MR) is 55.2 cm³/mol. The third kappa shape index (κ3) is 2.51. The van der Waals surface area contributed by atoms with E-state index in [2.05, 4.69) is 14.8 Å². The highest BCUT2D eigenvalue weighted by molar-refractivity contribution is 6.99. The van der Waals surface area contributed by atoms with Gasteiger partial charge in [-0.15, -0.1) is 11.6 Å². The summed E-state index contributed by atoms with van der Waals surface area (Å²) in [5.74, 6) is 0. The molecule has 1 aromatic heterocycles. The first-order chi connectivity index (χ1) is 6.34. The van der Waals surface area contributed by atoms with Gasteiger partial charge >= 0.3 is 0 Å². The second kappa shape index (κ2) is 4.20. The highest BCUT2D eigenvalue weighted by Gasteiger charge is 2.11. The molecule has 1 aromatic rings. The molecular formula is C9H11ClN2S. The van der Waals surface area contributed by atoms with Crippen molar-refractivity contribution in [2.24, 2.45) is 0 Å². The SMILES string of the molecule is ClC1C=C(Cc2cnsn2)CCC1. The van der Waals surface area contributed by atoms with Crippen molar-refractivity contribution in [2.75, 3.05) is 0 Å². The molecule has 0 bridgehead atoms. The van der Waals surface area contributed by atoms with E-state index < -0.39 is 0 Å². The lowest BCUT2D eigenvalue weighted by Crippen LogP contribution is -2.05. The molecule has 0 saturated heterocycles. The van der Waals surface area contributed by atoms with Crippen molar-refractivity contribution in [3.8, 4) is 0 Å². The van der Waals surface area contributed by atoms with Gasteiger partial charge in [-0.3, -0.25) is 0 Å². The largest absolute Gasteiger partial charge is 0.181 e. The first kappa shape index (κ1) is 9.16. The van der Waals surface area contributed by atoms with E-state index in [1.807, 2.05) is 6.20 Å². The lowest BCUT2D eigenvalue weighted by molar-refractivity contribution is 0.691. The first-order valence-electron chi connectivity index (χ1n) is 4.44. The minimum Gasteiger partial charge on any atom is -0.181 e. The van der Waals surface area contributed by atoms with Gasteiger partial charge in [-0.05, 0) is 19.3 Å². The number of hydrogen-bond acceptors (Lipinski definition) is 3. The molecule has 13 heavy (non-hydrogen) atoms. The van der Waals surface area contributed by atoms with E-state index in [1.54, 1.807) is 0 Å². The summed E-state index contributed by atoms with van der Waals surface area (Å²) in [6.07, 6.45) is 8.42. The maximum Gasteiger partial charge on any atom is 0.0783 e. The van der Waals surface area contributed by atoms with E-state index in [0.717, 1.165) is 18.5 Å². The Labute approximate surface area is 87.0 Å². The molecule has 4 heteroatoms. The molecule has 0 aliphatic heterocycles. The summed E-state index contributed by atoms with van der Waals surface area (Å²) >= 11 is 7.31. The van der Waals surface area contributed by atoms with Crippen molar-refractivity contribution in [3.05, 3.63) is 23.5 Å². The minimum atomic E-state index is 0.232. The summed E-state index contributed by atoms with van der Waals surface area (Å²) in [5, 5.41) is 0.232. The fourth-order valence-electron chi connectivity index (χ4n) is 1.59. The molecule has 0 radical (unpaired) electrons. The van der Waals surface area contributed by atoms with Crippen LogP contribution in [-0.2, 0) is 6.42 Å². The van der Waals surface area contributed by atoms with Gasteiger partial charge in [-0.2, -0.15) is 8.75 Å². The van der Waals surface area contributed by atoms with Crippen LogP contribution in [0.2, 0.25) is 0 Å². The van der Waals surface area contributed by atoms with Crippen molar-refractivity contribution in [2.45, 2.75) is 31.1 Å². The Hall–Kier alpha value is -0.410. The lowest BCUT2D eigenvalue weighted by atomic mass is 9.96. The number of nitrogens with zero attached hydrogens (tertiary/aromatic N) is 2. The molecule has 1 atom stereocenters. The second-order valence-corrected chi connectivity index (χ2v) is 4.43. The molecule has 1 aliphatic rings. The smallest absolute Gasteiger partial charge is 0.0783 e. The number of alkyl halides is 1. The number of hydrogen-bond donors (Lipinski definition) is 0. The number of aromatic nitrogens is 2. The Morgan fingerprint density at radius 2 is 2.54 bits per heavy atom. The monoisotopic (exact) mass is 214 g/mol. The molecule has 1 aliphatic carbocycles. The zero-order valence-electron chi connectivity index (χ0n) is 7.24. The summed E-state index contributed by atoms with van der Waals surface area (Å²) in [4.78, 5) is 0. The van der Waals surface area contributed by atoms with Crippen molar-refractivity contribution < 1.29 is 0 Å². The molecular weight excluding hydrogens is 204 g/mol. The number of rotatable bonds is 2. The molecule has 2 nitrogen and oxygen atoms in total. The molecule has 0 fully saturated rings. The van der Waals surface area contributed by atoms with Gasteiger partial charge in [0.25, 0.3) is 0 Å². The van der Waals surface area contributed by atoms with Crippen LogP contribution in [0.1, 0.15) is 25.0 Å². The van der Waals surface area contributed by atoms with Crippen LogP contribution in [0, 0.1) is 0 Å². The highest BCUT2D eigenvalue weighted by Crippen LogP contribution is 2.23. The van der Waals surface area contributed by atoms with Crippen LogP contribution in [-0.4, -0.2) is 14.1 Å². The Morgan fingerprint density at radius 1 is 1.62 bits per heavy atom. The van der Waals surface area contributed by atoms with E-state index in [0.29, 0.717) is 0 Å². The summed E-state index contributed by atoms with van der Waals surface area (Å²) in [6.45, 7) is 0. The third-order valence-electron chi connectivity index (χ3n) is 2.21. The summed E-state index contributed by atoms with van der Waals surface area (Å²) < 4.78 is 8.16. The molecule has 0 saturated carbocycles. The quantitative estimate of drug-likeness (QED) is 0.559. The predicted octanol–water partition coefficient (Wildman–Crippen LogP) is 2.80. The van der Waals surface area contributed by atoms with Crippen LogP contribution in [0.5, 0.6) is 0 Å². The highest BCUT2D eigenvalue weighted by atomic mass is 35.5. The van der Waals surface area contributed by atoms with Gasteiger partial charge in [-0.1, -0.05) is 11.6 Å². The van der Waals surface area contributed by atoms with Crippen molar-refractivity contribution in [1.82, 2.24) is 8.75 Å². The van der Waals surface area contributed by atoms with Gasteiger partial charge in [0.1, 0.15) is 0 Å². The van der Waals surface area contributed by atoms with Crippen LogP contribution >= 0.6 is 23.3 Å². The topological polar surface area (TPSA) is 25.8 Å². The minimum absolute atomic E-state index is 0.232. The van der Waals surface area contributed by atoms with Crippen LogP contribution in [0.15, 0.2) is 17.8 Å². The van der Waals surface area contributed by atoms with Gasteiger partial charge < -0.3 is 0 Å². The van der Waals surface area contributed by atoms with Gasteiger partial charge in [0.15, 0.2) is 0 Å². The van der Waals surface area contributed by atoms with E-state index in [-0.39, 0.29) is 5.38 Å². The lowest BCUT2D eigenvalue weighted by Gasteiger charge is -2.15. The Balaban J connectivity index is 2.02. The summed E-state index contributed by atoms with van der Waals surface area (Å²) in [6, 6.07) is 0. The van der Waals surface area contributed by atoms with Crippen molar-refractivity contribution >= 4 is 23.3 Å². The van der Waals surface area contributed by atoms with E-state index in [1.165, 1.54) is 30.1 Å². The summed E-state index contributed by atoms with van der Waals surface area (Å²) in [5.41, 5.74) is 2.49. The molecule has 0 aromatic carbocycles. The fourth-order valence-corrected chi connectivity index (χ4v) is 2.35. The molecule has 1 unspecified atom stereocenters. The van der Waals surface area contributed by atoms with Crippen LogP contribution in [0.25, 0.3) is 0 Å².